The molecule has 8 nitrogen and oxygen atoms in total. The number of carbonyl (C=O) groups excluding carboxylic acids is 3. The van der Waals surface area contributed by atoms with Crippen LogP contribution in [-0.4, -0.2) is 45.8 Å². The van der Waals surface area contributed by atoms with Crippen molar-refractivity contribution in [3.63, 3.8) is 0 Å². The van der Waals surface area contributed by atoms with Gasteiger partial charge in [-0.1, -0.05) is 54.0 Å². The molecule has 2 aromatic rings. The minimum absolute atomic E-state index is 0.0670. The van der Waals surface area contributed by atoms with Crippen molar-refractivity contribution in [1.82, 2.24) is 15.1 Å². The van der Waals surface area contributed by atoms with Gasteiger partial charge in [0.05, 0.1) is 13.2 Å². The lowest BCUT2D eigenvalue weighted by Gasteiger charge is -2.44. The van der Waals surface area contributed by atoms with Crippen molar-refractivity contribution in [3.05, 3.63) is 47.3 Å². The molecule has 2 heterocycles. The first-order valence-electron chi connectivity index (χ1n) is 11.4. The number of anilines is 1. The molecule has 2 amide bonds. The number of rotatable bonds is 6. The fourth-order valence-corrected chi connectivity index (χ4v) is 5.12. The number of fused-ring (bicyclic) bond motifs is 1. The van der Waals surface area contributed by atoms with Gasteiger partial charge in [-0.2, -0.15) is 5.10 Å². The topological polar surface area (TPSA) is 93.5 Å². The van der Waals surface area contributed by atoms with Crippen molar-refractivity contribution < 1.29 is 19.1 Å². The number of ether oxygens (including phenoxy) is 1. The molecule has 1 fully saturated rings. The van der Waals surface area contributed by atoms with Crippen molar-refractivity contribution in [3.8, 4) is 0 Å². The lowest BCUT2D eigenvalue weighted by molar-refractivity contribution is -0.127. The number of benzene rings is 1. The Morgan fingerprint density at radius 3 is 2.55 bits per heavy atom. The van der Waals surface area contributed by atoms with Crippen LogP contribution in [0.1, 0.15) is 72.5 Å². The second kappa shape index (κ2) is 9.82. The van der Waals surface area contributed by atoms with Gasteiger partial charge < -0.3 is 10.1 Å². The average molecular weight is 564 g/mol. The fraction of sp³-hybridized carbons (Fsp3) is 0.500. The number of amides is 2. The molecule has 0 bridgehead atoms. The largest absolute Gasteiger partial charge is 0.461 e. The Kier molecular flexibility index (Phi) is 7.06. The van der Waals surface area contributed by atoms with Gasteiger partial charge in [-0.15, -0.1) is 0 Å². The molecule has 4 rings (SSSR count). The second-order valence-corrected chi connectivity index (χ2v) is 9.58. The number of carbonyl (C=O) groups is 3. The van der Waals surface area contributed by atoms with Gasteiger partial charge in [0, 0.05) is 22.2 Å². The maximum absolute atomic E-state index is 13.7. The van der Waals surface area contributed by atoms with E-state index in [9.17, 15) is 14.4 Å². The number of hydrogen-bond acceptors (Lipinski definition) is 5. The summed E-state index contributed by atoms with van der Waals surface area (Å²) in [6, 6.07) is 9.22. The van der Waals surface area contributed by atoms with Crippen LogP contribution in [-0.2, 0) is 20.5 Å². The first-order chi connectivity index (χ1) is 15.9. The van der Waals surface area contributed by atoms with Gasteiger partial charge in [0.15, 0.2) is 5.69 Å². The van der Waals surface area contributed by atoms with Crippen LogP contribution in [0.2, 0.25) is 0 Å². The standard InChI is InChI=1S/C24H29IN4O4/c1-3-33-22(31)19-13-20-21(30)29(18-11-9-16(14-25)10-12-18)24(2,15-28(20)27-19)23(32)26-17-7-5-4-6-8-17/h9-13,17H,3-8,14-15H2,1-2H3,(H,26,32). The maximum atomic E-state index is 13.7. The third-order valence-electron chi connectivity index (χ3n) is 6.42. The summed E-state index contributed by atoms with van der Waals surface area (Å²) in [6.45, 7) is 3.84. The van der Waals surface area contributed by atoms with Crippen LogP contribution < -0.4 is 10.2 Å². The van der Waals surface area contributed by atoms with E-state index in [4.69, 9.17) is 4.74 Å². The van der Waals surface area contributed by atoms with Crippen molar-refractivity contribution in [2.45, 2.75) is 68.5 Å². The molecule has 1 aliphatic carbocycles. The summed E-state index contributed by atoms with van der Waals surface area (Å²) in [7, 11) is 0. The molecule has 9 heteroatoms. The molecule has 1 saturated carbocycles. The number of halogens is 1. The highest BCUT2D eigenvalue weighted by Crippen LogP contribution is 2.34. The summed E-state index contributed by atoms with van der Waals surface area (Å²) in [5.74, 6) is -1.16. The molecule has 33 heavy (non-hydrogen) atoms. The highest BCUT2D eigenvalue weighted by molar-refractivity contribution is 14.1. The fourth-order valence-electron chi connectivity index (χ4n) is 4.61. The Balaban J connectivity index is 1.73. The van der Waals surface area contributed by atoms with E-state index in [0.29, 0.717) is 5.69 Å². The van der Waals surface area contributed by atoms with Crippen molar-refractivity contribution in [2.75, 3.05) is 11.5 Å². The minimum atomic E-state index is -1.20. The second-order valence-electron chi connectivity index (χ2n) is 8.82. The predicted octanol–water partition coefficient (Wildman–Crippen LogP) is 3.86. The first kappa shape index (κ1) is 23.7. The zero-order valence-corrected chi connectivity index (χ0v) is 21.1. The molecule has 1 N–H and O–H groups in total. The molecule has 0 saturated heterocycles. The summed E-state index contributed by atoms with van der Waals surface area (Å²) < 4.78 is 7.37. The summed E-state index contributed by atoms with van der Waals surface area (Å²) in [4.78, 5) is 41.2. The van der Waals surface area contributed by atoms with Crippen LogP contribution in [0.25, 0.3) is 0 Å². The molecule has 2 aliphatic rings. The van der Waals surface area contributed by atoms with E-state index < -0.39 is 11.5 Å². The van der Waals surface area contributed by atoms with E-state index in [2.05, 4.69) is 33.0 Å². The number of nitrogens with one attached hydrogen (secondary N) is 1. The molecule has 1 atom stereocenters. The Morgan fingerprint density at radius 1 is 1.21 bits per heavy atom. The summed E-state index contributed by atoms with van der Waals surface area (Å²) in [5, 5.41) is 7.50. The molecule has 1 aromatic heterocycles. The quantitative estimate of drug-likeness (QED) is 0.327. The molecule has 176 valence electrons. The van der Waals surface area contributed by atoms with Gasteiger partial charge in [0.1, 0.15) is 11.2 Å². The average Bonchev–Trinajstić information content (AvgIpc) is 3.24. The maximum Gasteiger partial charge on any atom is 0.358 e. The van der Waals surface area contributed by atoms with Gasteiger partial charge in [-0.25, -0.2) is 4.79 Å². The molecule has 1 aromatic carbocycles. The minimum Gasteiger partial charge on any atom is -0.461 e. The van der Waals surface area contributed by atoms with Crippen molar-refractivity contribution in [2.24, 2.45) is 0 Å². The number of alkyl halides is 1. The van der Waals surface area contributed by atoms with Crippen LogP contribution in [0.4, 0.5) is 5.69 Å². The Morgan fingerprint density at radius 2 is 1.91 bits per heavy atom. The molecule has 0 radical (unpaired) electrons. The zero-order chi connectivity index (χ0) is 23.6. The summed E-state index contributed by atoms with van der Waals surface area (Å²) >= 11 is 2.29. The SMILES string of the molecule is CCOC(=O)c1cc2n(n1)CC(C)(C(=O)NC1CCCCC1)N(c1ccc(CI)cc1)C2=O. The molecule has 1 aliphatic heterocycles. The lowest BCUT2D eigenvalue weighted by Crippen LogP contribution is -2.65. The third kappa shape index (κ3) is 4.64. The van der Waals surface area contributed by atoms with Crippen molar-refractivity contribution in [1.29, 1.82) is 0 Å². The smallest absolute Gasteiger partial charge is 0.358 e. The Hall–Kier alpha value is -2.43. The molecular weight excluding hydrogens is 535 g/mol. The van der Waals surface area contributed by atoms with E-state index in [0.717, 1.165) is 35.7 Å². The number of aromatic nitrogens is 2. The molecular formula is C24H29IN4O4. The number of esters is 1. The van der Waals surface area contributed by atoms with Gasteiger partial charge >= 0.3 is 5.97 Å². The van der Waals surface area contributed by atoms with Crippen LogP contribution in [0.15, 0.2) is 30.3 Å². The number of hydrogen-bond donors (Lipinski definition) is 1. The molecule has 1 unspecified atom stereocenters. The van der Waals surface area contributed by atoms with Gasteiger partial charge in [0.25, 0.3) is 5.91 Å². The van der Waals surface area contributed by atoms with Crippen molar-refractivity contribution >= 4 is 46.1 Å². The third-order valence-corrected chi connectivity index (χ3v) is 7.30. The van der Waals surface area contributed by atoms with Gasteiger partial charge in [-0.05, 0) is 44.4 Å². The van der Waals surface area contributed by atoms with Crippen LogP contribution in [0.3, 0.4) is 0 Å². The first-order valence-corrected chi connectivity index (χ1v) is 13.0. The lowest BCUT2D eigenvalue weighted by atomic mass is 9.91. The van der Waals surface area contributed by atoms with E-state index in [1.54, 1.807) is 18.7 Å². The Bertz CT molecular complexity index is 1050. The number of nitrogens with zero attached hydrogens (tertiary/aromatic N) is 3. The highest BCUT2D eigenvalue weighted by Gasteiger charge is 2.49. The van der Waals surface area contributed by atoms with Crippen LogP contribution in [0.5, 0.6) is 0 Å². The molecule has 0 spiro atoms. The normalized spacial score (nSPS) is 20.9. The van der Waals surface area contributed by atoms with Crippen LogP contribution in [0, 0.1) is 0 Å². The Labute approximate surface area is 207 Å². The monoisotopic (exact) mass is 564 g/mol. The summed E-state index contributed by atoms with van der Waals surface area (Å²) in [6.07, 6.45) is 5.26. The van der Waals surface area contributed by atoms with Gasteiger partial charge in [0.2, 0.25) is 5.91 Å². The predicted molar refractivity (Wildman–Crippen MR) is 133 cm³/mol. The highest BCUT2D eigenvalue weighted by atomic mass is 127. The van der Waals surface area contributed by atoms with E-state index >= 15 is 0 Å². The van der Waals surface area contributed by atoms with E-state index in [1.807, 2.05) is 24.3 Å². The zero-order valence-electron chi connectivity index (χ0n) is 19.0. The van der Waals surface area contributed by atoms with Gasteiger partial charge in [-0.3, -0.25) is 19.2 Å². The van der Waals surface area contributed by atoms with E-state index in [-0.39, 0.29) is 42.4 Å². The van der Waals surface area contributed by atoms with Crippen LogP contribution >= 0.6 is 22.6 Å². The van der Waals surface area contributed by atoms with E-state index in [1.165, 1.54) is 17.2 Å². The summed E-state index contributed by atoms with van der Waals surface area (Å²) in [5.41, 5.74) is 0.897.